The average molecular weight is 287 g/mol. The van der Waals surface area contributed by atoms with Crippen molar-refractivity contribution >= 4 is 34.0 Å². The first kappa shape index (κ1) is 12.8. The molecule has 0 bridgehead atoms. The van der Waals surface area contributed by atoms with Crippen molar-refractivity contribution in [1.82, 2.24) is 4.98 Å². The molecule has 0 atom stereocenters. The lowest BCUT2D eigenvalue weighted by molar-refractivity contribution is 0.0926. The Balaban J connectivity index is 2.07. The van der Waals surface area contributed by atoms with Gasteiger partial charge in [-0.25, -0.2) is 9.88 Å². The van der Waals surface area contributed by atoms with E-state index < -0.39 is 5.91 Å². The van der Waals surface area contributed by atoms with Crippen LogP contribution >= 0.6 is 11.3 Å². The van der Waals surface area contributed by atoms with Crippen LogP contribution in [0.2, 0.25) is 0 Å². The predicted octanol–water partition coefficient (Wildman–Crippen LogP) is 2.65. The maximum atomic E-state index is 12.4. The molecule has 0 saturated heterocycles. The summed E-state index contributed by atoms with van der Waals surface area (Å²) in [6, 6.07) is 4.90. The predicted molar refractivity (Wildman–Crippen MR) is 78.2 cm³/mol. The Kier molecular flexibility index (Phi) is 2.83. The molecule has 102 valence electrons. The lowest BCUT2D eigenvalue weighted by atomic mass is 10.1. The number of imide groups is 1. The minimum atomic E-state index is -0.396. The molecule has 2 N–H and O–H groups in total. The van der Waals surface area contributed by atoms with Gasteiger partial charge in [-0.15, -0.1) is 11.3 Å². The van der Waals surface area contributed by atoms with Crippen molar-refractivity contribution in [3.63, 3.8) is 0 Å². The fourth-order valence-corrected chi connectivity index (χ4v) is 3.11. The number of carbonyl (C=O) groups is 2. The smallest absolute Gasteiger partial charge is 0.270 e. The van der Waals surface area contributed by atoms with Gasteiger partial charge in [0.2, 0.25) is 0 Å². The minimum Gasteiger partial charge on any atom is -0.398 e. The van der Waals surface area contributed by atoms with E-state index in [-0.39, 0.29) is 17.4 Å². The Labute approximate surface area is 120 Å². The SMILES string of the molecule is CC(C)c1csc(N2C(=O)c3cccc(N)c3C2=O)n1. The molecule has 6 heteroatoms. The topological polar surface area (TPSA) is 76.3 Å². The van der Waals surface area contributed by atoms with E-state index in [2.05, 4.69) is 4.98 Å². The number of hydrogen-bond donors (Lipinski definition) is 1. The summed E-state index contributed by atoms with van der Waals surface area (Å²) in [5.41, 5.74) is 7.62. The highest BCUT2D eigenvalue weighted by Crippen LogP contribution is 2.34. The molecule has 2 amide bonds. The van der Waals surface area contributed by atoms with Gasteiger partial charge in [0, 0.05) is 11.1 Å². The molecule has 2 aromatic rings. The Hall–Kier alpha value is -2.21. The molecule has 1 aliphatic rings. The number of thiazole rings is 1. The molecule has 0 radical (unpaired) electrons. The summed E-state index contributed by atoms with van der Waals surface area (Å²) in [7, 11) is 0. The molecule has 20 heavy (non-hydrogen) atoms. The Bertz CT molecular complexity index is 721. The molecule has 0 unspecified atom stereocenters. The highest BCUT2D eigenvalue weighted by molar-refractivity contribution is 7.14. The highest BCUT2D eigenvalue weighted by Gasteiger charge is 2.39. The van der Waals surface area contributed by atoms with E-state index in [1.807, 2.05) is 19.2 Å². The normalized spacial score (nSPS) is 14.2. The van der Waals surface area contributed by atoms with Crippen molar-refractivity contribution in [2.45, 2.75) is 19.8 Å². The van der Waals surface area contributed by atoms with E-state index in [1.54, 1.807) is 18.2 Å². The van der Waals surface area contributed by atoms with Crippen molar-refractivity contribution < 1.29 is 9.59 Å². The van der Waals surface area contributed by atoms with Crippen LogP contribution < -0.4 is 10.6 Å². The molecule has 2 heterocycles. The van der Waals surface area contributed by atoms with Gasteiger partial charge >= 0.3 is 0 Å². The summed E-state index contributed by atoms with van der Waals surface area (Å²) >= 11 is 1.29. The van der Waals surface area contributed by atoms with Gasteiger partial charge in [-0.3, -0.25) is 9.59 Å². The van der Waals surface area contributed by atoms with E-state index in [1.165, 1.54) is 11.3 Å². The summed E-state index contributed by atoms with van der Waals surface area (Å²) in [5.74, 6) is -0.505. The van der Waals surface area contributed by atoms with Gasteiger partial charge in [0.05, 0.1) is 16.8 Å². The maximum Gasteiger partial charge on any atom is 0.270 e. The Morgan fingerprint density at radius 1 is 1.25 bits per heavy atom. The van der Waals surface area contributed by atoms with Crippen LogP contribution in [0.5, 0.6) is 0 Å². The van der Waals surface area contributed by atoms with E-state index in [0.29, 0.717) is 16.4 Å². The number of benzene rings is 1. The molecule has 3 rings (SSSR count). The largest absolute Gasteiger partial charge is 0.398 e. The molecule has 0 saturated carbocycles. The molecule has 0 fully saturated rings. The second kappa shape index (κ2) is 4.42. The van der Waals surface area contributed by atoms with Crippen LogP contribution in [0, 0.1) is 0 Å². The van der Waals surface area contributed by atoms with Crippen molar-refractivity contribution in [3.05, 3.63) is 40.4 Å². The number of carbonyl (C=O) groups excluding carboxylic acids is 2. The standard InChI is InChI=1S/C14H13N3O2S/c1-7(2)10-6-20-14(16-10)17-12(18)8-4-3-5-9(15)11(8)13(17)19/h3-7H,15H2,1-2H3. The average Bonchev–Trinajstić information content (AvgIpc) is 2.95. The number of anilines is 2. The van der Waals surface area contributed by atoms with Crippen LogP contribution in [-0.4, -0.2) is 16.8 Å². The first-order chi connectivity index (χ1) is 9.50. The lowest BCUT2D eigenvalue weighted by Crippen LogP contribution is -2.29. The van der Waals surface area contributed by atoms with Crippen molar-refractivity contribution in [2.24, 2.45) is 0 Å². The molecule has 1 aromatic carbocycles. The van der Waals surface area contributed by atoms with Gasteiger partial charge < -0.3 is 5.73 Å². The summed E-state index contributed by atoms with van der Waals surface area (Å²) < 4.78 is 0. The van der Waals surface area contributed by atoms with Crippen LogP contribution in [0.15, 0.2) is 23.6 Å². The fraction of sp³-hybridized carbons (Fsp3) is 0.214. The van der Waals surface area contributed by atoms with E-state index >= 15 is 0 Å². The van der Waals surface area contributed by atoms with Gasteiger partial charge in [0.1, 0.15) is 0 Å². The molecular formula is C14H13N3O2S. The molecule has 0 aliphatic carbocycles. The first-order valence-electron chi connectivity index (χ1n) is 6.23. The molecule has 5 nitrogen and oxygen atoms in total. The number of rotatable bonds is 2. The first-order valence-corrected chi connectivity index (χ1v) is 7.11. The number of hydrogen-bond acceptors (Lipinski definition) is 5. The molecule has 1 aromatic heterocycles. The third-order valence-corrected chi connectivity index (χ3v) is 4.08. The second-order valence-corrected chi connectivity index (χ2v) is 5.76. The number of nitrogens with two attached hydrogens (primary N) is 1. The third kappa shape index (κ3) is 1.72. The van der Waals surface area contributed by atoms with Crippen LogP contribution in [0.25, 0.3) is 0 Å². The maximum absolute atomic E-state index is 12.4. The summed E-state index contributed by atoms with van der Waals surface area (Å²) in [6.45, 7) is 4.03. The van der Waals surface area contributed by atoms with Crippen LogP contribution in [0.4, 0.5) is 10.8 Å². The summed E-state index contributed by atoms with van der Waals surface area (Å²) in [4.78, 5) is 30.2. The van der Waals surface area contributed by atoms with Gasteiger partial charge in [0.15, 0.2) is 5.13 Å². The zero-order valence-electron chi connectivity index (χ0n) is 11.1. The molecule has 0 spiro atoms. The number of fused-ring (bicyclic) bond motifs is 1. The summed E-state index contributed by atoms with van der Waals surface area (Å²) in [5, 5.41) is 2.27. The quantitative estimate of drug-likeness (QED) is 0.680. The lowest BCUT2D eigenvalue weighted by Gasteiger charge is -2.09. The van der Waals surface area contributed by atoms with Crippen molar-refractivity contribution in [1.29, 1.82) is 0 Å². The summed E-state index contributed by atoms with van der Waals surface area (Å²) in [6.07, 6.45) is 0. The van der Waals surface area contributed by atoms with Crippen molar-refractivity contribution in [2.75, 3.05) is 10.6 Å². The zero-order valence-corrected chi connectivity index (χ0v) is 11.9. The minimum absolute atomic E-state index is 0.250. The number of nitrogens with zero attached hydrogens (tertiary/aromatic N) is 2. The van der Waals surface area contributed by atoms with Crippen LogP contribution in [0.3, 0.4) is 0 Å². The van der Waals surface area contributed by atoms with Gasteiger partial charge in [-0.1, -0.05) is 19.9 Å². The number of nitrogen functional groups attached to an aromatic ring is 1. The van der Waals surface area contributed by atoms with Gasteiger partial charge in [-0.2, -0.15) is 0 Å². The Morgan fingerprint density at radius 3 is 2.60 bits per heavy atom. The van der Waals surface area contributed by atoms with Crippen LogP contribution in [-0.2, 0) is 0 Å². The second-order valence-electron chi connectivity index (χ2n) is 4.93. The van der Waals surface area contributed by atoms with Crippen LogP contribution in [0.1, 0.15) is 46.2 Å². The molecule has 1 aliphatic heterocycles. The highest BCUT2D eigenvalue weighted by atomic mass is 32.1. The Morgan fingerprint density at radius 2 is 2.00 bits per heavy atom. The monoisotopic (exact) mass is 287 g/mol. The van der Waals surface area contributed by atoms with E-state index in [4.69, 9.17) is 5.73 Å². The van der Waals surface area contributed by atoms with E-state index in [0.717, 1.165) is 10.6 Å². The third-order valence-electron chi connectivity index (χ3n) is 3.24. The van der Waals surface area contributed by atoms with Crippen molar-refractivity contribution in [3.8, 4) is 0 Å². The fourth-order valence-electron chi connectivity index (χ4n) is 2.13. The van der Waals surface area contributed by atoms with Gasteiger partial charge in [0.25, 0.3) is 11.8 Å². The number of amides is 2. The number of aromatic nitrogens is 1. The zero-order chi connectivity index (χ0) is 14.4. The van der Waals surface area contributed by atoms with Gasteiger partial charge in [-0.05, 0) is 18.1 Å². The van der Waals surface area contributed by atoms with E-state index in [9.17, 15) is 9.59 Å². The molecular weight excluding hydrogens is 274 g/mol.